The fraction of sp³-hybridized carbons (Fsp3) is 0.308. The van der Waals surface area contributed by atoms with Crippen LogP contribution in [0.25, 0.3) is 12.2 Å². The third-order valence-corrected chi connectivity index (χ3v) is 6.98. The molecule has 2 aliphatic heterocycles. The number of rotatable bonds is 6. The van der Waals surface area contributed by atoms with Crippen molar-refractivity contribution in [3.8, 4) is 0 Å². The Labute approximate surface area is 183 Å². The molecule has 4 heterocycles. The van der Waals surface area contributed by atoms with Crippen molar-refractivity contribution in [1.82, 2.24) is 0 Å². The summed E-state index contributed by atoms with van der Waals surface area (Å²) in [6.07, 6.45) is 15.9. The predicted molar refractivity (Wildman–Crippen MR) is 125 cm³/mol. The minimum Gasteiger partial charge on any atom is -0.371 e. The van der Waals surface area contributed by atoms with E-state index in [1.54, 1.807) is 16.8 Å². The first-order chi connectivity index (χ1) is 14.8. The topological polar surface area (TPSA) is 21.3 Å². The molecule has 152 valence electrons. The summed E-state index contributed by atoms with van der Waals surface area (Å²) in [5.41, 5.74) is 7.26. The van der Waals surface area contributed by atoms with Gasteiger partial charge in [0.25, 0.3) is 0 Å². The van der Waals surface area contributed by atoms with Gasteiger partial charge in [0.2, 0.25) is 5.03 Å². The highest BCUT2D eigenvalue weighted by molar-refractivity contribution is 7.99. The van der Waals surface area contributed by atoms with Crippen molar-refractivity contribution in [2.45, 2.75) is 37.3 Å². The summed E-state index contributed by atoms with van der Waals surface area (Å²) in [6.45, 7) is 3.48. The second-order valence-electron chi connectivity index (χ2n) is 8.16. The highest BCUT2D eigenvalue weighted by Gasteiger charge is 2.23. The normalized spacial score (nSPS) is 15.4. The molecule has 1 N–H and O–H groups in total. The van der Waals surface area contributed by atoms with Gasteiger partial charge in [-0.2, -0.15) is 0 Å². The third-order valence-electron chi connectivity index (χ3n) is 6.03. The molecule has 0 radical (unpaired) electrons. The number of aromatic nitrogens is 2. The molecular formula is C26H29N3S+2. The number of benzene rings is 1. The maximum atomic E-state index is 3.27. The lowest BCUT2D eigenvalue weighted by atomic mass is 9.90. The number of nitrogens with zero attached hydrogens (tertiary/aromatic N) is 2. The summed E-state index contributed by atoms with van der Waals surface area (Å²) in [5, 5.41) is 1.21. The first kappa shape index (κ1) is 19.4. The Balaban J connectivity index is 1.23. The van der Waals surface area contributed by atoms with Crippen molar-refractivity contribution in [1.29, 1.82) is 0 Å². The fourth-order valence-electron chi connectivity index (χ4n) is 4.58. The fourth-order valence-corrected chi connectivity index (χ4v) is 5.42. The van der Waals surface area contributed by atoms with Crippen molar-refractivity contribution < 1.29 is 9.55 Å². The van der Waals surface area contributed by atoms with Crippen molar-refractivity contribution in [3.63, 3.8) is 0 Å². The molecule has 0 aliphatic carbocycles. The van der Waals surface area contributed by atoms with E-state index < -0.39 is 0 Å². The molecule has 0 atom stereocenters. The Kier molecular flexibility index (Phi) is 5.85. The lowest BCUT2D eigenvalue weighted by Gasteiger charge is -2.37. The number of aromatic amines is 1. The van der Waals surface area contributed by atoms with Gasteiger partial charge in [-0.3, -0.25) is 0 Å². The van der Waals surface area contributed by atoms with E-state index in [0.29, 0.717) is 0 Å². The molecule has 3 nitrogen and oxygen atoms in total. The van der Waals surface area contributed by atoms with Gasteiger partial charge in [-0.05, 0) is 66.1 Å². The molecule has 5 rings (SSSR count). The maximum Gasteiger partial charge on any atom is 0.238 e. The molecule has 3 aromatic rings. The maximum absolute atomic E-state index is 3.27. The van der Waals surface area contributed by atoms with Crippen molar-refractivity contribution >= 4 is 29.6 Å². The molecule has 0 saturated carbocycles. The number of aryl methyl sites for hydroxylation is 3. The summed E-state index contributed by atoms with van der Waals surface area (Å²) in [4.78, 5) is 5.88. The predicted octanol–water partition coefficient (Wildman–Crippen LogP) is 4.45. The van der Waals surface area contributed by atoms with Gasteiger partial charge >= 0.3 is 0 Å². The van der Waals surface area contributed by atoms with Crippen LogP contribution in [0.1, 0.15) is 35.1 Å². The monoisotopic (exact) mass is 415 g/mol. The lowest BCUT2D eigenvalue weighted by molar-refractivity contribution is -0.692. The number of nitrogens with one attached hydrogen (secondary N) is 1. The van der Waals surface area contributed by atoms with Crippen LogP contribution < -0.4 is 14.5 Å². The van der Waals surface area contributed by atoms with Crippen LogP contribution >= 0.6 is 11.8 Å². The Morgan fingerprint density at radius 2 is 1.67 bits per heavy atom. The summed E-state index contributed by atoms with van der Waals surface area (Å²) in [6, 6.07) is 15.4. The third kappa shape index (κ3) is 4.44. The van der Waals surface area contributed by atoms with Crippen LogP contribution in [-0.2, 0) is 19.4 Å². The van der Waals surface area contributed by atoms with E-state index >= 15 is 0 Å². The number of thioether (sulfide) groups is 1. The highest BCUT2D eigenvalue weighted by Crippen LogP contribution is 2.36. The first-order valence-corrected chi connectivity index (χ1v) is 12.0. The minimum atomic E-state index is 1.00. The summed E-state index contributed by atoms with van der Waals surface area (Å²) in [7, 11) is 0. The SMILES string of the molecule is C(=C\c1cc2c3c(c1)CCCN3CCC2)/c1cc[n+](CCSc2cccc[nH+]2)cc1. The minimum absolute atomic E-state index is 1.00. The summed E-state index contributed by atoms with van der Waals surface area (Å²) in [5.74, 6) is 1.05. The zero-order valence-corrected chi connectivity index (χ0v) is 18.2. The first-order valence-electron chi connectivity index (χ1n) is 11.0. The molecule has 0 amide bonds. The van der Waals surface area contributed by atoms with Crippen LogP contribution in [0.2, 0.25) is 0 Å². The smallest absolute Gasteiger partial charge is 0.238 e. The van der Waals surface area contributed by atoms with Gasteiger partial charge in [0.15, 0.2) is 25.1 Å². The van der Waals surface area contributed by atoms with Gasteiger partial charge in [-0.15, -0.1) is 0 Å². The molecule has 0 fully saturated rings. The number of anilines is 1. The van der Waals surface area contributed by atoms with Gasteiger partial charge in [0.05, 0.1) is 5.75 Å². The molecule has 30 heavy (non-hydrogen) atoms. The molecule has 2 aliphatic rings. The highest BCUT2D eigenvalue weighted by atomic mass is 32.2. The second-order valence-corrected chi connectivity index (χ2v) is 9.30. The average molecular weight is 416 g/mol. The van der Waals surface area contributed by atoms with E-state index in [0.717, 1.165) is 12.3 Å². The number of H-pyrrole nitrogens is 1. The molecule has 0 spiro atoms. The Bertz CT molecular complexity index is 997. The van der Waals surface area contributed by atoms with Gasteiger partial charge in [0, 0.05) is 43.0 Å². The van der Waals surface area contributed by atoms with Gasteiger partial charge in [-0.1, -0.05) is 23.9 Å². The second kappa shape index (κ2) is 9.05. The van der Waals surface area contributed by atoms with Crippen molar-refractivity contribution in [2.75, 3.05) is 23.7 Å². The zero-order chi connectivity index (χ0) is 20.2. The number of hydrogen-bond donors (Lipinski definition) is 0. The van der Waals surface area contributed by atoms with E-state index in [1.807, 2.05) is 24.0 Å². The Hall–Kier alpha value is -2.59. The molecule has 0 saturated heterocycles. The van der Waals surface area contributed by atoms with E-state index in [4.69, 9.17) is 0 Å². The Morgan fingerprint density at radius 1 is 0.933 bits per heavy atom. The van der Waals surface area contributed by atoms with Crippen LogP contribution in [-0.4, -0.2) is 18.8 Å². The largest absolute Gasteiger partial charge is 0.371 e. The molecule has 0 bridgehead atoms. The van der Waals surface area contributed by atoms with E-state index in [-0.39, 0.29) is 0 Å². The van der Waals surface area contributed by atoms with Crippen LogP contribution in [0.5, 0.6) is 0 Å². The molecule has 2 aromatic heterocycles. The Morgan fingerprint density at radius 3 is 2.37 bits per heavy atom. The number of pyridine rings is 2. The summed E-state index contributed by atoms with van der Waals surface area (Å²) >= 11 is 1.85. The quantitative estimate of drug-likeness (QED) is 0.438. The number of hydrogen-bond acceptors (Lipinski definition) is 2. The van der Waals surface area contributed by atoms with Gasteiger partial charge < -0.3 is 4.90 Å². The van der Waals surface area contributed by atoms with E-state index in [1.165, 1.54) is 54.9 Å². The molecular weight excluding hydrogens is 386 g/mol. The van der Waals surface area contributed by atoms with Crippen molar-refractivity contribution in [3.05, 3.63) is 83.3 Å². The van der Waals surface area contributed by atoms with Crippen LogP contribution in [0, 0.1) is 0 Å². The van der Waals surface area contributed by atoms with Gasteiger partial charge in [-0.25, -0.2) is 9.55 Å². The lowest BCUT2D eigenvalue weighted by Crippen LogP contribution is -2.34. The zero-order valence-electron chi connectivity index (χ0n) is 17.4. The molecule has 1 aromatic carbocycles. The summed E-state index contributed by atoms with van der Waals surface area (Å²) < 4.78 is 2.25. The van der Waals surface area contributed by atoms with Crippen LogP contribution in [0.15, 0.2) is 66.1 Å². The molecule has 4 heteroatoms. The van der Waals surface area contributed by atoms with E-state index in [9.17, 15) is 0 Å². The van der Waals surface area contributed by atoms with Crippen molar-refractivity contribution in [2.24, 2.45) is 0 Å². The van der Waals surface area contributed by atoms with Crippen LogP contribution in [0.4, 0.5) is 5.69 Å². The standard InChI is InChI=1S/C26H28N3S/c1-2-12-27-25(7-1)30-18-17-28-15-10-21(11-16-28)8-9-22-19-23-5-3-13-29-14-4-6-24(20-22)26(23)29/h1-2,7-12,15-16,19-20H,3-6,13-14,17-18H2/q+1/p+1. The molecule has 0 unspecified atom stereocenters. The average Bonchev–Trinajstić information content (AvgIpc) is 2.80. The van der Waals surface area contributed by atoms with E-state index in [2.05, 4.69) is 75.4 Å². The van der Waals surface area contributed by atoms with Crippen LogP contribution in [0.3, 0.4) is 0 Å². The van der Waals surface area contributed by atoms with Gasteiger partial charge in [0.1, 0.15) is 0 Å².